The molecule has 0 atom stereocenters. The third-order valence-corrected chi connectivity index (χ3v) is 4.70. The van der Waals surface area contributed by atoms with Crippen LogP contribution < -0.4 is 15.2 Å². The highest BCUT2D eigenvalue weighted by Gasteiger charge is 2.12. The SMILES string of the molecule is Cc1ccc2c(c1)nc(N)c1ncc(/C=C\c3ccc4c(c3)OCO4)cc12. The van der Waals surface area contributed by atoms with Gasteiger partial charge in [0.25, 0.3) is 0 Å². The summed E-state index contributed by atoms with van der Waals surface area (Å²) < 4.78 is 10.8. The smallest absolute Gasteiger partial charge is 0.231 e. The largest absolute Gasteiger partial charge is 0.454 e. The van der Waals surface area contributed by atoms with Gasteiger partial charge in [-0.2, -0.15) is 0 Å². The molecule has 0 radical (unpaired) electrons. The molecule has 5 heteroatoms. The van der Waals surface area contributed by atoms with Gasteiger partial charge in [0.05, 0.1) is 5.52 Å². The van der Waals surface area contributed by atoms with Gasteiger partial charge in [-0.3, -0.25) is 4.98 Å². The van der Waals surface area contributed by atoms with Crippen molar-refractivity contribution in [2.75, 3.05) is 12.5 Å². The second-order valence-electron chi connectivity index (χ2n) is 6.63. The van der Waals surface area contributed by atoms with Crippen LogP contribution in [-0.2, 0) is 0 Å². The topological polar surface area (TPSA) is 70.3 Å². The molecule has 1 aliphatic rings. The lowest BCUT2D eigenvalue weighted by Gasteiger charge is -2.07. The van der Waals surface area contributed by atoms with E-state index in [4.69, 9.17) is 15.2 Å². The molecular formula is C22H17N3O2. The van der Waals surface area contributed by atoms with E-state index < -0.39 is 0 Å². The number of benzene rings is 2. The van der Waals surface area contributed by atoms with Crippen molar-refractivity contribution >= 4 is 39.8 Å². The summed E-state index contributed by atoms with van der Waals surface area (Å²) in [7, 11) is 0. The van der Waals surface area contributed by atoms with Gasteiger partial charge in [0.1, 0.15) is 5.52 Å². The number of nitrogens with zero attached hydrogens (tertiary/aromatic N) is 2. The normalized spacial score (nSPS) is 13.1. The number of rotatable bonds is 2. The van der Waals surface area contributed by atoms with Crippen molar-refractivity contribution in [3.8, 4) is 11.5 Å². The number of aryl methyl sites for hydroxylation is 1. The molecule has 2 aromatic carbocycles. The highest BCUT2D eigenvalue weighted by atomic mass is 16.7. The second kappa shape index (κ2) is 5.99. The van der Waals surface area contributed by atoms with Crippen molar-refractivity contribution in [3.63, 3.8) is 0 Å². The van der Waals surface area contributed by atoms with Crippen LogP contribution in [0.4, 0.5) is 5.82 Å². The maximum Gasteiger partial charge on any atom is 0.231 e. The summed E-state index contributed by atoms with van der Waals surface area (Å²) in [5.41, 5.74) is 10.9. The minimum atomic E-state index is 0.277. The number of pyridine rings is 2. The van der Waals surface area contributed by atoms with Crippen LogP contribution in [0.5, 0.6) is 11.5 Å². The van der Waals surface area contributed by atoms with Crippen LogP contribution in [0.15, 0.2) is 48.7 Å². The van der Waals surface area contributed by atoms with Crippen LogP contribution in [0.1, 0.15) is 16.7 Å². The number of ether oxygens (including phenoxy) is 2. The molecule has 2 aromatic heterocycles. The quantitative estimate of drug-likeness (QED) is 0.533. The Bertz CT molecular complexity index is 1230. The Morgan fingerprint density at radius 1 is 0.926 bits per heavy atom. The number of anilines is 1. The van der Waals surface area contributed by atoms with Gasteiger partial charge in [-0.1, -0.05) is 30.4 Å². The van der Waals surface area contributed by atoms with Crippen LogP contribution >= 0.6 is 0 Å². The molecule has 0 fully saturated rings. The third-order valence-electron chi connectivity index (χ3n) is 4.70. The highest BCUT2D eigenvalue weighted by molar-refractivity contribution is 6.08. The monoisotopic (exact) mass is 355 g/mol. The lowest BCUT2D eigenvalue weighted by atomic mass is 10.1. The van der Waals surface area contributed by atoms with E-state index in [2.05, 4.69) is 28.2 Å². The van der Waals surface area contributed by atoms with Gasteiger partial charge in [-0.25, -0.2) is 4.98 Å². The van der Waals surface area contributed by atoms with Crippen molar-refractivity contribution in [2.24, 2.45) is 0 Å². The Balaban J connectivity index is 1.58. The van der Waals surface area contributed by atoms with E-state index in [1.54, 1.807) is 0 Å². The first-order valence-electron chi connectivity index (χ1n) is 8.71. The predicted octanol–water partition coefficient (Wildman–Crippen LogP) is 4.57. The summed E-state index contributed by atoms with van der Waals surface area (Å²) in [6.45, 7) is 2.32. The van der Waals surface area contributed by atoms with E-state index in [1.807, 2.05) is 49.5 Å². The molecule has 0 spiro atoms. The Labute approximate surface area is 156 Å². The molecule has 0 saturated carbocycles. The van der Waals surface area contributed by atoms with E-state index >= 15 is 0 Å². The molecule has 2 N–H and O–H groups in total. The maximum atomic E-state index is 6.12. The fraction of sp³-hybridized carbons (Fsp3) is 0.0909. The lowest BCUT2D eigenvalue weighted by Crippen LogP contribution is -1.96. The number of fused-ring (bicyclic) bond motifs is 4. The van der Waals surface area contributed by atoms with Gasteiger partial charge in [-0.05, 0) is 47.9 Å². The first kappa shape index (κ1) is 15.6. The zero-order chi connectivity index (χ0) is 18.4. The number of hydrogen-bond donors (Lipinski definition) is 1. The van der Waals surface area contributed by atoms with Crippen LogP contribution in [0.2, 0.25) is 0 Å². The fourth-order valence-corrected chi connectivity index (χ4v) is 3.34. The van der Waals surface area contributed by atoms with Gasteiger partial charge < -0.3 is 15.2 Å². The van der Waals surface area contributed by atoms with Crippen molar-refractivity contribution < 1.29 is 9.47 Å². The molecule has 0 saturated heterocycles. The van der Waals surface area contributed by atoms with Crippen molar-refractivity contribution in [1.82, 2.24) is 9.97 Å². The Morgan fingerprint density at radius 3 is 2.70 bits per heavy atom. The molecule has 5 rings (SSSR count). The molecule has 0 aliphatic carbocycles. The minimum Gasteiger partial charge on any atom is -0.454 e. The maximum absolute atomic E-state index is 6.12. The van der Waals surface area contributed by atoms with Gasteiger partial charge in [0.15, 0.2) is 17.3 Å². The average Bonchev–Trinajstić information content (AvgIpc) is 3.14. The number of aromatic nitrogens is 2. The summed E-state index contributed by atoms with van der Waals surface area (Å²) in [6, 6.07) is 14.2. The molecular weight excluding hydrogens is 338 g/mol. The number of hydrogen-bond acceptors (Lipinski definition) is 5. The average molecular weight is 355 g/mol. The summed E-state index contributed by atoms with van der Waals surface area (Å²) in [6.07, 6.45) is 5.87. The van der Waals surface area contributed by atoms with Crippen molar-refractivity contribution in [1.29, 1.82) is 0 Å². The van der Waals surface area contributed by atoms with E-state index in [0.29, 0.717) is 5.82 Å². The van der Waals surface area contributed by atoms with Crippen LogP contribution in [0, 0.1) is 6.92 Å². The van der Waals surface area contributed by atoms with Gasteiger partial charge in [0.2, 0.25) is 6.79 Å². The van der Waals surface area contributed by atoms with Gasteiger partial charge in [-0.15, -0.1) is 0 Å². The summed E-state index contributed by atoms with van der Waals surface area (Å²) >= 11 is 0. The molecule has 3 heterocycles. The fourth-order valence-electron chi connectivity index (χ4n) is 3.34. The second-order valence-corrected chi connectivity index (χ2v) is 6.63. The number of nitrogens with two attached hydrogens (primary N) is 1. The molecule has 0 unspecified atom stereocenters. The molecule has 132 valence electrons. The highest BCUT2D eigenvalue weighted by Crippen LogP contribution is 2.33. The number of nitrogen functional groups attached to an aromatic ring is 1. The summed E-state index contributed by atoms with van der Waals surface area (Å²) in [4.78, 5) is 9.03. The molecule has 27 heavy (non-hydrogen) atoms. The van der Waals surface area contributed by atoms with E-state index in [-0.39, 0.29) is 6.79 Å². The standard InChI is InChI=1S/C22H17N3O2/c1-13-2-6-16-17-9-15(11-24-21(17)22(23)25-18(16)8-13)4-3-14-5-7-19-20(10-14)27-12-26-19/h2-11H,12H2,1H3,(H2,23,25)/b4-3-. The van der Waals surface area contributed by atoms with E-state index in [9.17, 15) is 0 Å². The first-order valence-corrected chi connectivity index (χ1v) is 8.71. The zero-order valence-corrected chi connectivity index (χ0v) is 14.8. The molecule has 0 amide bonds. The molecule has 5 nitrogen and oxygen atoms in total. The zero-order valence-electron chi connectivity index (χ0n) is 14.8. The van der Waals surface area contributed by atoms with E-state index in [1.165, 1.54) is 0 Å². The molecule has 4 aromatic rings. The third kappa shape index (κ3) is 2.73. The Hall–Kier alpha value is -3.60. The van der Waals surface area contributed by atoms with Gasteiger partial charge in [0, 0.05) is 17.0 Å². The minimum absolute atomic E-state index is 0.277. The van der Waals surface area contributed by atoms with E-state index in [0.717, 1.165) is 50.0 Å². The summed E-state index contributed by atoms with van der Waals surface area (Å²) in [5.74, 6) is 2.01. The predicted molar refractivity (Wildman–Crippen MR) is 108 cm³/mol. The Morgan fingerprint density at radius 2 is 1.78 bits per heavy atom. The van der Waals surface area contributed by atoms with Crippen LogP contribution in [0.25, 0.3) is 34.0 Å². The summed E-state index contributed by atoms with van der Waals surface area (Å²) in [5, 5.41) is 2.06. The van der Waals surface area contributed by atoms with Crippen molar-refractivity contribution in [3.05, 3.63) is 65.4 Å². The van der Waals surface area contributed by atoms with Crippen LogP contribution in [0.3, 0.4) is 0 Å². The molecule has 1 aliphatic heterocycles. The lowest BCUT2D eigenvalue weighted by molar-refractivity contribution is 0.174. The first-order chi connectivity index (χ1) is 13.2. The van der Waals surface area contributed by atoms with Crippen molar-refractivity contribution in [2.45, 2.75) is 6.92 Å². The Kier molecular flexibility index (Phi) is 3.47. The van der Waals surface area contributed by atoms with Crippen LogP contribution in [-0.4, -0.2) is 16.8 Å². The molecule has 0 bridgehead atoms. The van der Waals surface area contributed by atoms with Gasteiger partial charge >= 0.3 is 0 Å².